The second-order valence-electron chi connectivity index (χ2n) is 11.8. The van der Waals surface area contributed by atoms with E-state index < -0.39 is 0 Å². The summed E-state index contributed by atoms with van der Waals surface area (Å²) in [5, 5.41) is 8.61. The molecule has 0 atom stereocenters. The van der Waals surface area contributed by atoms with Crippen molar-refractivity contribution in [2.75, 3.05) is 4.90 Å². The Morgan fingerprint density at radius 2 is 0.787 bits per heavy atom. The molecule has 1 heteroatoms. The van der Waals surface area contributed by atoms with Crippen LogP contribution in [0.3, 0.4) is 0 Å². The van der Waals surface area contributed by atoms with Gasteiger partial charge in [-0.05, 0) is 114 Å². The van der Waals surface area contributed by atoms with Crippen molar-refractivity contribution in [1.29, 1.82) is 0 Å². The van der Waals surface area contributed by atoms with Crippen LogP contribution in [0.4, 0.5) is 17.1 Å². The summed E-state index contributed by atoms with van der Waals surface area (Å²) in [7, 11) is 0. The summed E-state index contributed by atoms with van der Waals surface area (Å²) in [6.45, 7) is 0. The quantitative estimate of drug-likeness (QED) is 0.177. The molecule has 0 spiro atoms. The lowest BCUT2D eigenvalue weighted by atomic mass is 9.93. The average molecular weight is 602 g/mol. The first kappa shape index (κ1) is 23.2. The van der Waals surface area contributed by atoms with E-state index in [-0.39, 0.29) is 29.9 Å². The zero-order chi connectivity index (χ0) is 34.6. The van der Waals surface area contributed by atoms with Crippen molar-refractivity contribution in [1.82, 2.24) is 0 Å². The van der Waals surface area contributed by atoms with Crippen molar-refractivity contribution in [2.45, 2.75) is 0 Å². The Kier molecular flexibility index (Phi) is 5.59. The van der Waals surface area contributed by atoms with E-state index in [1.807, 2.05) is 89.8 Å². The van der Waals surface area contributed by atoms with Gasteiger partial charge in [-0.1, -0.05) is 139 Å². The molecule has 0 saturated carbocycles. The van der Waals surface area contributed by atoms with Gasteiger partial charge in [0.1, 0.15) is 0 Å². The standard InChI is InChI=1S/C46H31N/c1-2-16-36(17-3-1)47(37-27-25-32(26-28-37)45-30-34-13-4-6-19-39(34)41-21-8-10-23-43(41)45)38-18-12-15-33(29-38)46-31-35-14-5-7-20-40(35)42-22-9-11-24-44(42)46/h1-31H/i25D,26D,27D,28D. The van der Waals surface area contributed by atoms with Crippen LogP contribution in [-0.2, 0) is 0 Å². The molecule has 0 amide bonds. The minimum atomic E-state index is -0.103. The monoisotopic (exact) mass is 601 g/mol. The van der Waals surface area contributed by atoms with E-state index in [0.29, 0.717) is 11.1 Å². The van der Waals surface area contributed by atoms with Crippen LogP contribution in [-0.4, -0.2) is 0 Å². The van der Waals surface area contributed by atoms with Crippen LogP contribution >= 0.6 is 0 Å². The van der Waals surface area contributed by atoms with Gasteiger partial charge in [0.05, 0.1) is 5.48 Å². The largest absolute Gasteiger partial charge is 0.310 e. The van der Waals surface area contributed by atoms with Gasteiger partial charge in [-0.15, -0.1) is 0 Å². The highest BCUT2D eigenvalue weighted by molar-refractivity contribution is 6.15. The lowest BCUT2D eigenvalue weighted by molar-refractivity contribution is 1.28. The fraction of sp³-hybridized carbons (Fsp3) is 0. The maximum atomic E-state index is 9.51. The van der Waals surface area contributed by atoms with Gasteiger partial charge in [-0.25, -0.2) is 0 Å². The van der Waals surface area contributed by atoms with Crippen molar-refractivity contribution < 1.29 is 5.48 Å². The third-order valence-corrected chi connectivity index (χ3v) is 9.07. The molecule has 0 N–H and O–H groups in total. The van der Waals surface area contributed by atoms with Gasteiger partial charge in [0.25, 0.3) is 0 Å². The second kappa shape index (κ2) is 11.3. The molecular weight excluding hydrogens is 567 g/mol. The van der Waals surface area contributed by atoms with Crippen molar-refractivity contribution in [2.24, 2.45) is 0 Å². The highest BCUT2D eigenvalue weighted by atomic mass is 15.1. The molecule has 0 aromatic heterocycles. The maximum Gasteiger partial charge on any atom is 0.0645 e. The number of hydrogen-bond donors (Lipinski definition) is 0. The Hall–Kier alpha value is -6.18. The van der Waals surface area contributed by atoms with Gasteiger partial charge in [0, 0.05) is 17.1 Å². The fourth-order valence-electron chi connectivity index (χ4n) is 6.90. The van der Waals surface area contributed by atoms with E-state index in [2.05, 4.69) is 78.9 Å². The van der Waals surface area contributed by atoms with E-state index in [1.165, 1.54) is 10.8 Å². The van der Waals surface area contributed by atoms with Gasteiger partial charge in [0.15, 0.2) is 0 Å². The van der Waals surface area contributed by atoms with E-state index >= 15 is 0 Å². The molecule has 220 valence electrons. The summed E-state index contributed by atoms with van der Waals surface area (Å²) in [6.07, 6.45) is 0. The normalized spacial score (nSPS) is 12.6. The highest BCUT2D eigenvalue weighted by Crippen LogP contribution is 2.41. The molecule has 0 unspecified atom stereocenters. The predicted molar refractivity (Wildman–Crippen MR) is 202 cm³/mol. The average Bonchev–Trinajstić information content (AvgIpc) is 3.19. The summed E-state index contributed by atoms with van der Waals surface area (Å²) in [5.74, 6) is 0. The number of fused-ring (bicyclic) bond motifs is 6. The van der Waals surface area contributed by atoms with Crippen LogP contribution in [0.5, 0.6) is 0 Å². The summed E-state index contributed by atoms with van der Waals surface area (Å²) in [5.41, 5.74) is 4.72. The van der Waals surface area contributed by atoms with Crippen LogP contribution in [0.25, 0.3) is 65.3 Å². The van der Waals surface area contributed by atoms with Crippen molar-refractivity contribution in [3.8, 4) is 22.3 Å². The second-order valence-corrected chi connectivity index (χ2v) is 11.8. The van der Waals surface area contributed by atoms with E-state index in [1.54, 1.807) is 0 Å². The van der Waals surface area contributed by atoms with E-state index in [0.717, 1.165) is 54.8 Å². The van der Waals surface area contributed by atoms with Crippen molar-refractivity contribution in [3.63, 3.8) is 0 Å². The van der Waals surface area contributed by atoms with Crippen LogP contribution in [0.15, 0.2) is 188 Å². The first-order valence-electron chi connectivity index (χ1n) is 17.9. The van der Waals surface area contributed by atoms with Gasteiger partial charge in [0.2, 0.25) is 0 Å². The molecular formula is C46H31N. The minimum Gasteiger partial charge on any atom is -0.310 e. The van der Waals surface area contributed by atoms with Gasteiger partial charge in [-0.3, -0.25) is 0 Å². The zero-order valence-corrected chi connectivity index (χ0v) is 25.5. The molecule has 0 aliphatic heterocycles. The Bertz CT molecular complexity index is 2780. The van der Waals surface area contributed by atoms with Gasteiger partial charge < -0.3 is 4.90 Å². The van der Waals surface area contributed by atoms with Gasteiger partial charge >= 0.3 is 0 Å². The first-order chi connectivity index (χ1) is 25.0. The molecule has 9 aromatic rings. The minimum absolute atomic E-state index is 0.0796. The molecule has 9 rings (SSSR count). The van der Waals surface area contributed by atoms with E-state index in [4.69, 9.17) is 0 Å². The molecule has 0 saturated heterocycles. The number of para-hydroxylation sites is 1. The Labute approximate surface area is 280 Å². The summed E-state index contributed by atoms with van der Waals surface area (Å²) < 4.78 is 37.9. The highest BCUT2D eigenvalue weighted by Gasteiger charge is 2.16. The SMILES string of the molecule is [2H]c1c([2H])c(N(c2ccccc2)c2cccc(-c3cc4ccccc4c4ccccc34)c2)c([2H])c([2H])c1-c1cc2ccccc2c2ccccc12. The van der Waals surface area contributed by atoms with Crippen LogP contribution in [0, 0.1) is 0 Å². The first-order valence-corrected chi connectivity index (χ1v) is 15.9. The van der Waals surface area contributed by atoms with Crippen LogP contribution in [0.2, 0.25) is 0 Å². The smallest absolute Gasteiger partial charge is 0.0645 e. The lowest BCUT2D eigenvalue weighted by Crippen LogP contribution is -2.09. The maximum absolute atomic E-state index is 9.51. The number of benzene rings is 9. The van der Waals surface area contributed by atoms with Gasteiger partial charge in [-0.2, -0.15) is 0 Å². The predicted octanol–water partition coefficient (Wildman–Crippen LogP) is 13.1. The van der Waals surface area contributed by atoms with E-state index in [9.17, 15) is 5.48 Å². The Morgan fingerprint density at radius 3 is 1.38 bits per heavy atom. The zero-order valence-electron chi connectivity index (χ0n) is 29.5. The molecule has 47 heavy (non-hydrogen) atoms. The molecule has 0 fully saturated rings. The number of nitrogens with zero attached hydrogens (tertiary/aromatic N) is 1. The lowest BCUT2D eigenvalue weighted by Gasteiger charge is -2.26. The molecule has 0 aliphatic carbocycles. The molecule has 0 bridgehead atoms. The number of anilines is 3. The molecule has 0 aliphatic rings. The Balaban J connectivity index is 1.27. The third-order valence-electron chi connectivity index (χ3n) is 9.07. The van der Waals surface area contributed by atoms with Crippen LogP contribution < -0.4 is 4.90 Å². The third kappa shape index (κ3) is 4.72. The molecule has 0 heterocycles. The molecule has 0 radical (unpaired) electrons. The Morgan fingerprint density at radius 1 is 0.319 bits per heavy atom. The molecule has 1 nitrogen and oxygen atoms in total. The topological polar surface area (TPSA) is 3.24 Å². The summed E-state index contributed by atoms with van der Waals surface area (Å²) in [4.78, 5) is 1.86. The number of rotatable bonds is 5. The number of hydrogen-bond acceptors (Lipinski definition) is 1. The van der Waals surface area contributed by atoms with Crippen molar-refractivity contribution in [3.05, 3.63) is 188 Å². The fourth-order valence-corrected chi connectivity index (χ4v) is 6.90. The van der Waals surface area contributed by atoms with Crippen LogP contribution in [0.1, 0.15) is 5.48 Å². The van der Waals surface area contributed by atoms with Crippen molar-refractivity contribution >= 4 is 60.2 Å². The summed E-state index contributed by atoms with van der Waals surface area (Å²) >= 11 is 0. The molecule has 9 aromatic carbocycles. The summed E-state index contributed by atoms with van der Waals surface area (Å²) in [6, 6.07) is 54.6.